The molecule has 0 aliphatic carbocycles. The van der Waals surface area contributed by atoms with Crippen LogP contribution >= 0.6 is 0 Å². The maximum Gasteiger partial charge on any atom is 0.574 e. The lowest BCUT2D eigenvalue weighted by atomic mass is 10.2. The standard InChI is InChI=1S/C9H9F5N2O2/c1-17-5-2-4(3-15)8(18-9(12,13)14)16-6(5)7(10)11/h2,7H,3,15H2,1H3. The van der Waals surface area contributed by atoms with Crippen LogP contribution < -0.4 is 15.2 Å². The lowest BCUT2D eigenvalue weighted by Gasteiger charge is -2.15. The Morgan fingerprint density at radius 3 is 2.39 bits per heavy atom. The molecule has 2 N–H and O–H groups in total. The van der Waals surface area contributed by atoms with Crippen LogP contribution in [0.4, 0.5) is 22.0 Å². The smallest absolute Gasteiger partial charge is 0.495 e. The SMILES string of the molecule is COc1cc(CN)c(OC(F)(F)F)nc1C(F)F. The Morgan fingerprint density at radius 2 is 2.00 bits per heavy atom. The molecule has 9 heteroatoms. The summed E-state index contributed by atoms with van der Waals surface area (Å²) in [6.07, 6.45) is -8.13. The summed E-state index contributed by atoms with van der Waals surface area (Å²) in [7, 11) is 1.09. The first kappa shape index (κ1) is 14.4. The van der Waals surface area contributed by atoms with Crippen LogP contribution in [0.25, 0.3) is 0 Å². The molecular formula is C9H9F5N2O2. The van der Waals surface area contributed by atoms with Crippen molar-refractivity contribution in [3.8, 4) is 11.6 Å². The molecular weight excluding hydrogens is 263 g/mol. The molecule has 1 rings (SSSR count). The largest absolute Gasteiger partial charge is 0.574 e. The van der Waals surface area contributed by atoms with Crippen LogP contribution in [0.1, 0.15) is 17.7 Å². The van der Waals surface area contributed by atoms with E-state index in [1.807, 2.05) is 0 Å². The first-order valence-electron chi connectivity index (χ1n) is 4.60. The highest BCUT2D eigenvalue weighted by Crippen LogP contribution is 2.33. The zero-order valence-corrected chi connectivity index (χ0v) is 9.09. The van der Waals surface area contributed by atoms with E-state index in [4.69, 9.17) is 5.73 Å². The minimum Gasteiger partial charge on any atom is -0.495 e. The van der Waals surface area contributed by atoms with E-state index in [1.54, 1.807) is 0 Å². The first-order valence-corrected chi connectivity index (χ1v) is 4.60. The molecule has 1 aromatic rings. The number of methoxy groups -OCH3 is 1. The van der Waals surface area contributed by atoms with E-state index < -0.39 is 24.4 Å². The van der Waals surface area contributed by atoms with Crippen molar-refractivity contribution in [3.63, 3.8) is 0 Å². The summed E-state index contributed by atoms with van der Waals surface area (Å²) in [6, 6.07) is 0.940. The van der Waals surface area contributed by atoms with Gasteiger partial charge in [-0.3, -0.25) is 0 Å². The second kappa shape index (κ2) is 5.34. The molecule has 18 heavy (non-hydrogen) atoms. The number of hydrogen-bond donors (Lipinski definition) is 1. The molecule has 0 fully saturated rings. The Labute approximate surface area is 98.5 Å². The Bertz CT molecular complexity index is 422. The lowest BCUT2D eigenvalue weighted by Crippen LogP contribution is -2.20. The van der Waals surface area contributed by atoms with Crippen LogP contribution in [0, 0.1) is 0 Å². The lowest BCUT2D eigenvalue weighted by molar-refractivity contribution is -0.276. The number of hydrogen-bond acceptors (Lipinski definition) is 4. The van der Waals surface area contributed by atoms with Crippen molar-refractivity contribution < 1.29 is 31.4 Å². The number of ether oxygens (including phenoxy) is 2. The second-order valence-corrected chi connectivity index (χ2v) is 3.09. The molecule has 0 saturated heterocycles. The van der Waals surface area contributed by atoms with Gasteiger partial charge in [0.2, 0.25) is 5.88 Å². The van der Waals surface area contributed by atoms with Crippen molar-refractivity contribution in [2.45, 2.75) is 19.3 Å². The van der Waals surface area contributed by atoms with Gasteiger partial charge >= 0.3 is 6.36 Å². The Hall–Kier alpha value is -1.64. The third-order valence-electron chi connectivity index (χ3n) is 1.91. The fourth-order valence-electron chi connectivity index (χ4n) is 1.19. The van der Waals surface area contributed by atoms with Gasteiger partial charge in [-0.05, 0) is 6.07 Å². The molecule has 0 aromatic carbocycles. The Kier molecular flexibility index (Phi) is 4.28. The summed E-state index contributed by atoms with van der Waals surface area (Å²) in [5.41, 5.74) is 4.07. The molecule has 0 aliphatic rings. The van der Waals surface area contributed by atoms with E-state index in [0.717, 1.165) is 13.2 Å². The second-order valence-electron chi connectivity index (χ2n) is 3.09. The Morgan fingerprint density at radius 1 is 1.39 bits per heavy atom. The molecule has 0 atom stereocenters. The van der Waals surface area contributed by atoms with Crippen LogP contribution in [-0.2, 0) is 6.54 Å². The molecule has 0 bridgehead atoms. The van der Waals surface area contributed by atoms with Crippen molar-refractivity contribution in [1.82, 2.24) is 4.98 Å². The molecule has 1 aromatic heterocycles. The molecule has 102 valence electrons. The molecule has 0 amide bonds. The number of alkyl halides is 5. The Balaban J connectivity index is 3.27. The number of pyridine rings is 1. The summed E-state index contributed by atoms with van der Waals surface area (Å²) in [4.78, 5) is 3.10. The van der Waals surface area contributed by atoms with Gasteiger partial charge < -0.3 is 15.2 Å². The minimum absolute atomic E-state index is 0.187. The predicted molar refractivity (Wildman–Crippen MR) is 50.3 cm³/mol. The van der Waals surface area contributed by atoms with Crippen molar-refractivity contribution in [3.05, 3.63) is 17.3 Å². The average Bonchev–Trinajstić information content (AvgIpc) is 2.26. The number of nitrogens with zero attached hydrogens (tertiary/aromatic N) is 1. The molecule has 1 heterocycles. The number of aromatic nitrogens is 1. The predicted octanol–water partition coefficient (Wildman–Crippen LogP) is 2.39. The maximum atomic E-state index is 12.6. The first-order chi connectivity index (χ1) is 8.28. The summed E-state index contributed by atoms with van der Waals surface area (Å²) in [5, 5.41) is 0. The van der Waals surface area contributed by atoms with Crippen molar-refractivity contribution in [2.75, 3.05) is 7.11 Å². The van der Waals surface area contributed by atoms with Gasteiger partial charge in [0, 0.05) is 12.1 Å². The summed E-state index contributed by atoms with van der Waals surface area (Å²) >= 11 is 0. The van der Waals surface area contributed by atoms with Crippen LogP contribution in [-0.4, -0.2) is 18.5 Å². The van der Waals surface area contributed by atoms with Crippen LogP contribution in [0.3, 0.4) is 0 Å². The van der Waals surface area contributed by atoms with Gasteiger partial charge in [-0.25, -0.2) is 13.8 Å². The monoisotopic (exact) mass is 272 g/mol. The maximum absolute atomic E-state index is 12.6. The van der Waals surface area contributed by atoms with Crippen molar-refractivity contribution in [1.29, 1.82) is 0 Å². The van der Waals surface area contributed by atoms with E-state index in [2.05, 4.69) is 14.5 Å². The molecule has 0 unspecified atom stereocenters. The van der Waals surface area contributed by atoms with Gasteiger partial charge in [-0.1, -0.05) is 0 Å². The van der Waals surface area contributed by atoms with E-state index >= 15 is 0 Å². The minimum atomic E-state index is -5.04. The highest BCUT2D eigenvalue weighted by atomic mass is 19.4. The molecule has 0 aliphatic heterocycles. The molecule has 0 radical (unpaired) electrons. The van der Waals surface area contributed by atoms with Gasteiger partial charge in [0.05, 0.1) is 7.11 Å². The van der Waals surface area contributed by atoms with Crippen molar-refractivity contribution in [2.24, 2.45) is 5.73 Å². The summed E-state index contributed by atoms with van der Waals surface area (Å²) in [6.45, 7) is -0.363. The summed E-state index contributed by atoms with van der Waals surface area (Å²) in [5.74, 6) is -1.35. The van der Waals surface area contributed by atoms with Gasteiger partial charge in [-0.15, -0.1) is 13.2 Å². The molecule has 0 spiro atoms. The van der Waals surface area contributed by atoms with E-state index in [1.165, 1.54) is 0 Å². The summed E-state index contributed by atoms with van der Waals surface area (Å²) < 4.78 is 69.4. The van der Waals surface area contributed by atoms with E-state index in [0.29, 0.717) is 0 Å². The zero-order valence-electron chi connectivity index (χ0n) is 9.09. The van der Waals surface area contributed by atoms with Crippen LogP contribution in [0.15, 0.2) is 6.07 Å². The van der Waals surface area contributed by atoms with E-state index in [-0.39, 0.29) is 17.9 Å². The van der Waals surface area contributed by atoms with Gasteiger partial charge in [0.15, 0.2) is 5.69 Å². The van der Waals surface area contributed by atoms with Crippen LogP contribution in [0.2, 0.25) is 0 Å². The van der Waals surface area contributed by atoms with Gasteiger partial charge in [-0.2, -0.15) is 0 Å². The quantitative estimate of drug-likeness (QED) is 0.855. The third kappa shape index (κ3) is 3.42. The van der Waals surface area contributed by atoms with Gasteiger partial charge in [0.25, 0.3) is 6.43 Å². The fraction of sp³-hybridized carbons (Fsp3) is 0.444. The van der Waals surface area contributed by atoms with E-state index in [9.17, 15) is 22.0 Å². The third-order valence-corrected chi connectivity index (χ3v) is 1.91. The highest BCUT2D eigenvalue weighted by molar-refractivity contribution is 5.39. The topological polar surface area (TPSA) is 57.4 Å². The number of nitrogens with two attached hydrogens (primary N) is 1. The van der Waals surface area contributed by atoms with Gasteiger partial charge in [0.1, 0.15) is 5.75 Å². The number of rotatable bonds is 4. The average molecular weight is 272 g/mol. The highest BCUT2D eigenvalue weighted by Gasteiger charge is 2.34. The molecule has 4 nitrogen and oxygen atoms in total. The zero-order chi connectivity index (χ0) is 13.9. The number of halogens is 5. The molecule has 0 saturated carbocycles. The van der Waals surface area contributed by atoms with Crippen LogP contribution in [0.5, 0.6) is 11.6 Å². The fourth-order valence-corrected chi connectivity index (χ4v) is 1.19. The normalized spacial score (nSPS) is 11.8. The van der Waals surface area contributed by atoms with Crippen molar-refractivity contribution >= 4 is 0 Å².